The van der Waals surface area contributed by atoms with Crippen molar-refractivity contribution in [3.8, 4) is 5.75 Å². The van der Waals surface area contributed by atoms with Crippen LogP contribution in [0.5, 0.6) is 5.75 Å². The van der Waals surface area contributed by atoms with Gasteiger partial charge in [-0.05, 0) is 74.2 Å². The van der Waals surface area contributed by atoms with Crippen molar-refractivity contribution in [3.63, 3.8) is 0 Å². The lowest BCUT2D eigenvalue weighted by molar-refractivity contribution is -0.120. The van der Waals surface area contributed by atoms with Crippen LogP contribution in [0.25, 0.3) is 5.57 Å². The molecule has 33 heavy (non-hydrogen) atoms. The molecule has 0 saturated heterocycles. The summed E-state index contributed by atoms with van der Waals surface area (Å²) in [6.45, 7) is 8.48. The number of para-hydroxylation sites is 1. The summed E-state index contributed by atoms with van der Waals surface area (Å²) >= 11 is 0. The first-order valence-electron chi connectivity index (χ1n) is 11.0. The Morgan fingerprint density at radius 2 is 1.58 bits per heavy atom. The number of rotatable bonds is 6. The maximum absolute atomic E-state index is 14.0. The van der Waals surface area contributed by atoms with Crippen LogP contribution in [0.2, 0.25) is 0 Å². The second-order valence-corrected chi connectivity index (χ2v) is 8.22. The molecule has 0 bridgehead atoms. The molecule has 5 heteroatoms. The molecule has 0 saturated carbocycles. The number of nitrogens with zero attached hydrogens (tertiary/aromatic N) is 2. The number of hydrogen-bond donors (Lipinski definition) is 0. The Bertz CT molecular complexity index is 1260. The zero-order chi connectivity index (χ0) is 23.7. The number of benzene rings is 3. The van der Waals surface area contributed by atoms with Gasteiger partial charge in [-0.1, -0.05) is 42.5 Å². The van der Waals surface area contributed by atoms with Gasteiger partial charge in [-0.2, -0.15) is 0 Å². The fraction of sp³-hybridized carbons (Fsp3) is 0.214. The van der Waals surface area contributed by atoms with E-state index in [0.29, 0.717) is 29.3 Å². The molecule has 5 nitrogen and oxygen atoms in total. The van der Waals surface area contributed by atoms with Gasteiger partial charge in [0.25, 0.3) is 11.8 Å². The molecule has 0 aromatic heterocycles. The van der Waals surface area contributed by atoms with Crippen LogP contribution in [0.1, 0.15) is 29.2 Å². The van der Waals surface area contributed by atoms with Crippen LogP contribution in [0.4, 0.5) is 11.4 Å². The van der Waals surface area contributed by atoms with Gasteiger partial charge in [-0.15, -0.1) is 0 Å². The Labute approximate surface area is 194 Å². The van der Waals surface area contributed by atoms with Crippen molar-refractivity contribution in [2.75, 3.05) is 23.5 Å². The second-order valence-electron chi connectivity index (χ2n) is 8.22. The highest BCUT2D eigenvalue weighted by molar-refractivity contribution is 6.46. The first-order valence-corrected chi connectivity index (χ1v) is 11.0. The lowest BCUT2D eigenvalue weighted by Gasteiger charge is -2.25. The second kappa shape index (κ2) is 8.94. The highest BCUT2D eigenvalue weighted by Crippen LogP contribution is 2.40. The summed E-state index contributed by atoms with van der Waals surface area (Å²) in [5, 5.41) is 0. The highest BCUT2D eigenvalue weighted by Gasteiger charge is 2.43. The number of aryl methyl sites for hydroxylation is 3. The van der Waals surface area contributed by atoms with E-state index in [9.17, 15) is 9.59 Å². The third-order valence-electron chi connectivity index (χ3n) is 6.08. The quantitative estimate of drug-likeness (QED) is 0.480. The summed E-state index contributed by atoms with van der Waals surface area (Å²) in [7, 11) is 1.54. The van der Waals surface area contributed by atoms with Crippen molar-refractivity contribution in [2.45, 2.75) is 27.7 Å². The topological polar surface area (TPSA) is 49.9 Å². The molecule has 0 aliphatic carbocycles. The Morgan fingerprint density at radius 1 is 0.848 bits per heavy atom. The normalized spacial score (nSPS) is 13.7. The Balaban J connectivity index is 1.96. The van der Waals surface area contributed by atoms with E-state index < -0.39 is 0 Å². The fourth-order valence-electron chi connectivity index (χ4n) is 4.20. The van der Waals surface area contributed by atoms with Gasteiger partial charge in [0.1, 0.15) is 11.4 Å². The molecule has 1 heterocycles. The van der Waals surface area contributed by atoms with Gasteiger partial charge >= 0.3 is 0 Å². The van der Waals surface area contributed by atoms with Gasteiger partial charge in [0.2, 0.25) is 0 Å². The van der Waals surface area contributed by atoms with Crippen molar-refractivity contribution in [2.24, 2.45) is 0 Å². The number of imide groups is 1. The van der Waals surface area contributed by atoms with E-state index >= 15 is 0 Å². The van der Waals surface area contributed by atoms with Crippen LogP contribution >= 0.6 is 0 Å². The number of ether oxygens (including phenoxy) is 1. The maximum atomic E-state index is 14.0. The molecule has 0 unspecified atom stereocenters. The van der Waals surface area contributed by atoms with Crippen LogP contribution in [-0.4, -0.2) is 25.5 Å². The van der Waals surface area contributed by atoms with Gasteiger partial charge in [-0.25, -0.2) is 4.90 Å². The van der Waals surface area contributed by atoms with Crippen LogP contribution < -0.4 is 14.5 Å². The first-order chi connectivity index (χ1) is 15.9. The summed E-state index contributed by atoms with van der Waals surface area (Å²) in [5.41, 5.74) is 5.94. The minimum absolute atomic E-state index is 0.350. The molecule has 3 aromatic carbocycles. The average molecular weight is 441 g/mol. The minimum atomic E-state index is -0.358. The molecule has 0 spiro atoms. The van der Waals surface area contributed by atoms with E-state index in [1.165, 1.54) is 4.90 Å². The number of carbonyl (C=O) groups excluding carboxylic acids is 2. The molecule has 2 amide bonds. The Kier molecular flexibility index (Phi) is 6.05. The number of amides is 2. The predicted molar refractivity (Wildman–Crippen MR) is 133 cm³/mol. The molecular weight excluding hydrogens is 412 g/mol. The molecule has 0 atom stereocenters. The average Bonchev–Trinajstić information content (AvgIpc) is 3.07. The van der Waals surface area contributed by atoms with Gasteiger partial charge in [0.15, 0.2) is 0 Å². The summed E-state index contributed by atoms with van der Waals surface area (Å²) in [6.07, 6.45) is 0. The van der Waals surface area contributed by atoms with Crippen LogP contribution in [0.15, 0.2) is 72.4 Å². The zero-order valence-corrected chi connectivity index (χ0v) is 19.7. The zero-order valence-electron chi connectivity index (χ0n) is 19.7. The van der Waals surface area contributed by atoms with E-state index in [0.717, 1.165) is 27.9 Å². The van der Waals surface area contributed by atoms with Crippen molar-refractivity contribution in [3.05, 3.63) is 94.7 Å². The minimum Gasteiger partial charge on any atom is -0.495 e. The fourth-order valence-corrected chi connectivity index (χ4v) is 4.20. The molecular formula is C28H28N2O3. The van der Waals surface area contributed by atoms with Gasteiger partial charge < -0.3 is 9.64 Å². The van der Waals surface area contributed by atoms with Crippen LogP contribution in [0.3, 0.4) is 0 Å². The predicted octanol–water partition coefficient (Wildman–Crippen LogP) is 5.43. The van der Waals surface area contributed by atoms with Gasteiger partial charge in [-0.3, -0.25) is 9.59 Å². The molecule has 0 N–H and O–H groups in total. The molecule has 1 aliphatic heterocycles. The molecule has 3 aromatic rings. The van der Waals surface area contributed by atoms with Gasteiger partial charge in [0, 0.05) is 12.2 Å². The van der Waals surface area contributed by atoms with Crippen molar-refractivity contribution < 1.29 is 14.3 Å². The monoisotopic (exact) mass is 440 g/mol. The number of likely N-dealkylation sites (N-methyl/N-ethyl adjacent to an activating group) is 1. The number of anilines is 2. The molecule has 1 aliphatic rings. The highest BCUT2D eigenvalue weighted by atomic mass is 16.5. The van der Waals surface area contributed by atoms with E-state index in [1.807, 2.05) is 93.3 Å². The maximum Gasteiger partial charge on any atom is 0.282 e. The molecule has 4 rings (SSSR count). The number of carbonyl (C=O) groups is 2. The van der Waals surface area contributed by atoms with E-state index in [1.54, 1.807) is 13.2 Å². The lowest BCUT2D eigenvalue weighted by atomic mass is 9.99. The van der Waals surface area contributed by atoms with Crippen molar-refractivity contribution in [1.29, 1.82) is 0 Å². The van der Waals surface area contributed by atoms with E-state index in [4.69, 9.17) is 4.74 Å². The van der Waals surface area contributed by atoms with Crippen molar-refractivity contribution in [1.82, 2.24) is 0 Å². The summed E-state index contributed by atoms with van der Waals surface area (Å²) in [5.74, 6) is -0.231. The standard InChI is InChI=1S/C28H28N2O3/c1-6-29(22-10-8-7-9-11-22)26-25(21-14-13-19(3)20(4)17-21)27(31)30(28(26)32)23-16-18(2)12-15-24(23)33-5/h7-17H,6H2,1-5H3. The smallest absolute Gasteiger partial charge is 0.282 e. The van der Waals surface area contributed by atoms with Crippen LogP contribution in [-0.2, 0) is 9.59 Å². The van der Waals surface area contributed by atoms with E-state index in [-0.39, 0.29) is 11.8 Å². The van der Waals surface area contributed by atoms with E-state index in [2.05, 4.69) is 0 Å². The largest absolute Gasteiger partial charge is 0.495 e. The van der Waals surface area contributed by atoms with Crippen molar-refractivity contribution >= 4 is 28.8 Å². The number of hydrogen-bond acceptors (Lipinski definition) is 4. The van der Waals surface area contributed by atoms with Crippen LogP contribution in [0, 0.1) is 20.8 Å². The third-order valence-corrected chi connectivity index (χ3v) is 6.08. The molecule has 168 valence electrons. The Hall–Kier alpha value is -3.86. The van der Waals surface area contributed by atoms with Gasteiger partial charge in [0.05, 0.1) is 18.4 Å². The third kappa shape index (κ3) is 3.91. The lowest BCUT2D eigenvalue weighted by Crippen LogP contribution is -2.35. The summed E-state index contributed by atoms with van der Waals surface area (Å²) in [4.78, 5) is 31.0. The Morgan fingerprint density at radius 3 is 2.21 bits per heavy atom. The summed E-state index contributed by atoms with van der Waals surface area (Å²) in [6, 6.07) is 21.1. The number of methoxy groups -OCH3 is 1. The molecule has 0 fully saturated rings. The summed E-state index contributed by atoms with van der Waals surface area (Å²) < 4.78 is 5.51. The SMILES string of the molecule is CCN(C1=C(c2ccc(C)c(C)c2)C(=O)N(c2cc(C)ccc2OC)C1=O)c1ccccc1. The molecule has 0 radical (unpaired) electrons. The first kappa shape index (κ1) is 22.3.